The number of anilines is 3. The molecule has 2 rings (SSSR count). The van der Waals surface area contributed by atoms with Gasteiger partial charge in [-0.1, -0.05) is 11.6 Å². The highest BCUT2D eigenvalue weighted by molar-refractivity contribution is 6.33. The van der Waals surface area contributed by atoms with Gasteiger partial charge < -0.3 is 10.6 Å². The first-order valence-corrected chi connectivity index (χ1v) is 7.88. The van der Waals surface area contributed by atoms with Crippen LogP contribution in [-0.4, -0.2) is 39.2 Å². The zero-order chi connectivity index (χ0) is 18.2. The second-order valence-corrected chi connectivity index (χ2v) is 5.11. The minimum Gasteiger partial charge on any atom is -0.354 e. The highest BCUT2D eigenvalue weighted by Crippen LogP contribution is 2.20. The molecular weight excluding hydrogens is 348 g/mol. The number of nitrogens with zero attached hydrogens (tertiary/aromatic N) is 5. The maximum atomic E-state index is 10.8. The monoisotopic (exact) mass is 364 g/mol. The highest BCUT2D eigenvalue weighted by Gasteiger charge is 2.08. The molecule has 0 unspecified atom stereocenters. The van der Waals surface area contributed by atoms with Crippen molar-refractivity contribution < 1.29 is 4.92 Å². The third-order valence-electron chi connectivity index (χ3n) is 2.86. The lowest BCUT2D eigenvalue weighted by molar-refractivity contribution is -0.384. The van der Waals surface area contributed by atoms with E-state index in [2.05, 4.69) is 36.1 Å². The largest absolute Gasteiger partial charge is 0.354 e. The van der Waals surface area contributed by atoms with Crippen molar-refractivity contribution in [3.8, 4) is 0 Å². The van der Waals surface area contributed by atoms with Crippen molar-refractivity contribution in [3.05, 3.63) is 38.9 Å². The minimum absolute atomic E-state index is 0.0742. The van der Waals surface area contributed by atoms with Gasteiger partial charge in [-0.25, -0.2) is 5.43 Å². The van der Waals surface area contributed by atoms with Crippen LogP contribution in [0.1, 0.15) is 19.4 Å². The molecule has 0 aliphatic carbocycles. The van der Waals surface area contributed by atoms with Crippen molar-refractivity contribution in [2.45, 2.75) is 13.8 Å². The van der Waals surface area contributed by atoms with Gasteiger partial charge in [0.2, 0.25) is 17.8 Å². The van der Waals surface area contributed by atoms with Gasteiger partial charge in [-0.15, -0.1) is 0 Å². The Morgan fingerprint density at radius 2 is 1.76 bits per heavy atom. The smallest absolute Gasteiger partial charge is 0.270 e. The zero-order valence-electron chi connectivity index (χ0n) is 13.7. The summed E-state index contributed by atoms with van der Waals surface area (Å²) in [7, 11) is 0. The lowest BCUT2D eigenvalue weighted by Crippen LogP contribution is -2.10. The highest BCUT2D eigenvalue weighted by atomic mass is 35.5. The van der Waals surface area contributed by atoms with E-state index in [9.17, 15) is 10.1 Å². The molecule has 0 saturated heterocycles. The summed E-state index contributed by atoms with van der Waals surface area (Å²) in [5.74, 6) is 1.03. The van der Waals surface area contributed by atoms with E-state index < -0.39 is 4.92 Å². The summed E-state index contributed by atoms with van der Waals surface area (Å²) in [5, 5.41) is 21.1. The summed E-state index contributed by atoms with van der Waals surface area (Å²) in [6, 6.07) is 4.09. The van der Waals surface area contributed by atoms with E-state index >= 15 is 0 Å². The number of nitro groups is 1. The molecule has 0 radical (unpaired) electrons. The number of benzene rings is 1. The fraction of sp³-hybridized carbons (Fsp3) is 0.286. The Balaban J connectivity index is 2.18. The molecule has 1 aromatic carbocycles. The summed E-state index contributed by atoms with van der Waals surface area (Å²) in [4.78, 5) is 22.8. The molecule has 0 amide bonds. The van der Waals surface area contributed by atoms with Crippen LogP contribution in [0.3, 0.4) is 0 Å². The SMILES string of the molecule is CCNc1nc(NCC)nc(N/N=C/c2cc([N+](=O)[O-])ccc2Cl)n1. The van der Waals surface area contributed by atoms with E-state index in [4.69, 9.17) is 11.6 Å². The second kappa shape index (κ2) is 8.73. The van der Waals surface area contributed by atoms with Gasteiger partial charge in [0.1, 0.15) is 0 Å². The Kier molecular flexibility index (Phi) is 6.40. The molecule has 0 saturated carbocycles. The van der Waals surface area contributed by atoms with Crippen molar-refractivity contribution in [2.24, 2.45) is 5.10 Å². The van der Waals surface area contributed by atoms with Gasteiger partial charge in [0, 0.05) is 35.8 Å². The van der Waals surface area contributed by atoms with Crippen molar-refractivity contribution in [2.75, 3.05) is 29.1 Å². The van der Waals surface area contributed by atoms with Crippen LogP contribution in [-0.2, 0) is 0 Å². The lowest BCUT2D eigenvalue weighted by atomic mass is 10.2. The summed E-state index contributed by atoms with van der Waals surface area (Å²) in [6.45, 7) is 5.15. The standard InChI is InChI=1S/C14H17ClN8O2/c1-3-16-12-19-13(17-4-2)21-14(20-12)22-18-8-9-7-10(23(24)25)5-6-11(9)15/h5-8H,3-4H2,1-2H3,(H3,16,17,19,20,21,22)/b18-8+. The molecule has 25 heavy (non-hydrogen) atoms. The Bertz CT molecular complexity index is 759. The van der Waals surface area contributed by atoms with Crippen molar-refractivity contribution in [1.29, 1.82) is 0 Å². The first-order chi connectivity index (χ1) is 12.0. The summed E-state index contributed by atoms with van der Waals surface area (Å²) >= 11 is 6.01. The predicted octanol–water partition coefficient (Wildman–Crippen LogP) is 2.74. The van der Waals surface area contributed by atoms with E-state index in [1.807, 2.05) is 13.8 Å². The lowest BCUT2D eigenvalue weighted by Gasteiger charge is -2.07. The average molecular weight is 365 g/mol. The molecule has 132 valence electrons. The molecule has 10 nitrogen and oxygen atoms in total. The van der Waals surface area contributed by atoms with E-state index in [1.54, 1.807) is 0 Å². The number of aromatic nitrogens is 3. The topological polar surface area (TPSA) is 130 Å². The maximum absolute atomic E-state index is 10.8. The number of nitro benzene ring substituents is 1. The van der Waals surface area contributed by atoms with Crippen LogP contribution in [0.2, 0.25) is 5.02 Å². The van der Waals surface area contributed by atoms with Crippen molar-refractivity contribution in [1.82, 2.24) is 15.0 Å². The summed E-state index contributed by atoms with van der Waals surface area (Å²) < 4.78 is 0. The third-order valence-corrected chi connectivity index (χ3v) is 3.21. The Labute approximate surface area is 148 Å². The van der Waals surface area contributed by atoms with Crippen LogP contribution in [0.15, 0.2) is 23.3 Å². The minimum atomic E-state index is -0.502. The molecule has 2 aromatic rings. The fourth-order valence-corrected chi connectivity index (χ4v) is 1.97. The quantitative estimate of drug-likeness (QED) is 0.370. The van der Waals surface area contributed by atoms with E-state index in [0.717, 1.165) is 0 Å². The molecule has 11 heteroatoms. The van der Waals surface area contributed by atoms with Crippen molar-refractivity contribution >= 4 is 41.3 Å². The van der Waals surface area contributed by atoms with Gasteiger partial charge >= 0.3 is 0 Å². The summed E-state index contributed by atoms with van der Waals surface area (Å²) in [5.41, 5.74) is 2.99. The number of rotatable bonds is 8. The predicted molar refractivity (Wildman–Crippen MR) is 97.5 cm³/mol. The van der Waals surface area contributed by atoms with Crippen LogP contribution in [0.5, 0.6) is 0 Å². The molecule has 0 atom stereocenters. The van der Waals surface area contributed by atoms with Gasteiger partial charge in [0.15, 0.2) is 0 Å². The molecule has 0 aliphatic heterocycles. The number of halogens is 1. The molecule has 1 heterocycles. The fourth-order valence-electron chi connectivity index (χ4n) is 1.80. The van der Waals surface area contributed by atoms with Crippen LogP contribution in [0.25, 0.3) is 0 Å². The normalized spacial score (nSPS) is 10.7. The summed E-state index contributed by atoms with van der Waals surface area (Å²) in [6.07, 6.45) is 1.36. The van der Waals surface area contributed by atoms with E-state index in [0.29, 0.717) is 35.6 Å². The number of hydrogen-bond acceptors (Lipinski definition) is 9. The zero-order valence-corrected chi connectivity index (χ0v) is 14.4. The van der Waals surface area contributed by atoms with Gasteiger partial charge in [0.05, 0.1) is 11.1 Å². The molecule has 1 aromatic heterocycles. The Morgan fingerprint density at radius 1 is 1.16 bits per heavy atom. The van der Waals surface area contributed by atoms with Gasteiger partial charge in [-0.2, -0.15) is 20.1 Å². The number of non-ortho nitro benzene ring substituents is 1. The molecule has 0 fully saturated rings. The number of hydrazone groups is 1. The Hall–Kier alpha value is -3.01. The molecule has 0 spiro atoms. The van der Waals surface area contributed by atoms with Gasteiger partial charge in [-0.3, -0.25) is 10.1 Å². The number of hydrogen-bond donors (Lipinski definition) is 3. The second-order valence-electron chi connectivity index (χ2n) is 4.70. The maximum Gasteiger partial charge on any atom is 0.270 e. The number of nitrogens with one attached hydrogen (secondary N) is 3. The third kappa shape index (κ3) is 5.24. The van der Waals surface area contributed by atoms with Gasteiger partial charge in [0.25, 0.3) is 5.69 Å². The van der Waals surface area contributed by atoms with E-state index in [-0.39, 0.29) is 11.6 Å². The molecule has 3 N–H and O–H groups in total. The van der Waals surface area contributed by atoms with Crippen LogP contribution in [0, 0.1) is 10.1 Å². The first kappa shape index (κ1) is 18.3. The van der Waals surface area contributed by atoms with Crippen LogP contribution >= 0.6 is 11.6 Å². The van der Waals surface area contributed by atoms with E-state index in [1.165, 1.54) is 24.4 Å². The molecule has 0 aliphatic rings. The van der Waals surface area contributed by atoms with Gasteiger partial charge in [-0.05, 0) is 19.9 Å². The first-order valence-electron chi connectivity index (χ1n) is 7.50. The van der Waals surface area contributed by atoms with Crippen LogP contribution in [0.4, 0.5) is 23.5 Å². The molecule has 0 bridgehead atoms. The molecular formula is C14H17ClN8O2. The van der Waals surface area contributed by atoms with Crippen LogP contribution < -0.4 is 16.1 Å². The Morgan fingerprint density at radius 3 is 2.32 bits per heavy atom. The average Bonchev–Trinajstić information content (AvgIpc) is 2.57. The van der Waals surface area contributed by atoms with Crippen molar-refractivity contribution in [3.63, 3.8) is 0 Å².